The van der Waals surface area contributed by atoms with Crippen molar-refractivity contribution in [3.8, 4) is 5.75 Å². The van der Waals surface area contributed by atoms with E-state index in [0.717, 1.165) is 17.9 Å². The van der Waals surface area contributed by atoms with E-state index in [0.29, 0.717) is 34.4 Å². The number of likely N-dealkylation sites (N-methyl/N-ethyl adjacent to an activating group) is 1. The fourth-order valence-corrected chi connectivity index (χ4v) is 3.87. The molecule has 1 aliphatic rings. The van der Waals surface area contributed by atoms with Crippen LogP contribution in [0.5, 0.6) is 5.75 Å². The smallest absolute Gasteiger partial charge is 0.336 e. The number of hydrogen-bond donors (Lipinski definition) is 2. The molecule has 32 heavy (non-hydrogen) atoms. The first-order valence-corrected chi connectivity index (χ1v) is 10.6. The fourth-order valence-electron chi connectivity index (χ4n) is 3.87. The zero-order valence-electron chi connectivity index (χ0n) is 18.3. The Hall–Kier alpha value is -3.58. The van der Waals surface area contributed by atoms with Crippen LogP contribution in [0, 0.1) is 0 Å². The molecule has 0 aliphatic carbocycles. The van der Waals surface area contributed by atoms with Crippen LogP contribution in [0.25, 0.3) is 16.5 Å². The van der Waals surface area contributed by atoms with E-state index >= 15 is 0 Å². The predicted molar refractivity (Wildman–Crippen MR) is 125 cm³/mol. The van der Waals surface area contributed by atoms with Gasteiger partial charge in [-0.15, -0.1) is 0 Å². The molecule has 0 fully saturated rings. The molecular weight excluding hydrogens is 408 g/mol. The summed E-state index contributed by atoms with van der Waals surface area (Å²) >= 11 is 0. The van der Waals surface area contributed by atoms with Crippen LogP contribution < -0.4 is 20.6 Å². The molecule has 0 atom stereocenters. The highest BCUT2D eigenvalue weighted by atomic mass is 16.5. The van der Waals surface area contributed by atoms with Gasteiger partial charge in [-0.25, -0.2) is 4.79 Å². The Kier molecular flexibility index (Phi) is 5.76. The average molecular weight is 434 g/mol. The topological polar surface area (TPSA) is 92.0 Å². The van der Waals surface area contributed by atoms with Crippen molar-refractivity contribution in [2.75, 3.05) is 29.9 Å². The Bertz CT molecular complexity index is 1240. The van der Waals surface area contributed by atoms with Crippen LogP contribution >= 0.6 is 0 Å². The number of hydrogen-bond acceptors (Lipinski definition) is 7. The fraction of sp³-hybridized carbons (Fsp3) is 0.280. The van der Waals surface area contributed by atoms with Crippen LogP contribution in [0.4, 0.5) is 11.4 Å². The number of anilines is 2. The molecule has 3 aromatic rings. The minimum Gasteiger partial charge on any atom is -0.479 e. The summed E-state index contributed by atoms with van der Waals surface area (Å²) in [5.41, 5.74) is 1.42. The van der Waals surface area contributed by atoms with Crippen molar-refractivity contribution in [1.29, 1.82) is 0 Å². The Labute approximate surface area is 185 Å². The number of fused-ring (bicyclic) bond motifs is 3. The Morgan fingerprint density at radius 2 is 1.78 bits per heavy atom. The molecule has 7 nitrogen and oxygen atoms in total. The monoisotopic (exact) mass is 434 g/mol. The number of nitrogens with one attached hydrogen (secondary N) is 1. The van der Waals surface area contributed by atoms with E-state index < -0.39 is 11.2 Å². The second kappa shape index (κ2) is 8.51. The third-order valence-corrected chi connectivity index (χ3v) is 5.54. The van der Waals surface area contributed by atoms with Gasteiger partial charge in [0.15, 0.2) is 5.60 Å². The van der Waals surface area contributed by atoms with Gasteiger partial charge in [-0.3, -0.25) is 4.79 Å². The third kappa shape index (κ3) is 3.99. The second-order valence-corrected chi connectivity index (χ2v) is 8.11. The number of aliphatic hydroxyl groups excluding tert-OH is 1. The number of ketones is 1. The summed E-state index contributed by atoms with van der Waals surface area (Å²) in [7, 11) is 0. The van der Waals surface area contributed by atoms with Gasteiger partial charge in [-0.2, -0.15) is 0 Å². The predicted octanol–water partition coefficient (Wildman–Crippen LogP) is 3.80. The molecule has 0 spiro atoms. The zero-order valence-corrected chi connectivity index (χ0v) is 18.3. The Morgan fingerprint density at radius 3 is 2.47 bits per heavy atom. The lowest BCUT2D eigenvalue weighted by Gasteiger charge is -2.32. The van der Waals surface area contributed by atoms with Crippen molar-refractivity contribution in [1.82, 2.24) is 0 Å². The lowest BCUT2D eigenvalue weighted by atomic mass is 9.87. The first kappa shape index (κ1) is 21.6. The minimum atomic E-state index is -1.06. The number of nitrogens with zero attached hydrogens (tertiary/aromatic N) is 1. The van der Waals surface area contributed by atoms with Crippen molar-refractivity contribution in [2.45, 2.75) is 26.4 Å². The normalized spacial score (nSPS) is 16.0. The second-order valence-electron chi connectivity index (χ2n) is 8.11. The van der Waals surface area contributed by atoms with E-state index in [4.69, 9.17) is 9.15 Å². The molecule has 0 unspecified atom stereocenters. The van der Waals surface area contributed by atoms with Crippen LogP contribution in [0.15, 0.2) is 63.9 Å². The summed E-state index contributed by atoms with van der Waals surface area (Å²) in [5.74, 6) is 0.274. The minimum absolute atomic E-state index is 0.0867. The van der Waals surface area contributed by atoms with Crippen molar-refractivity contribution < 1.29 is 19.1 Å². The summed E-state index contributed by atoms with van der Waals surface area (Å²) in [5, 5.41) is 13.1. The van der Waals surface area contributed by atoms with Crippen LogP contribution in [0.3, 0.4) is 0 Å². The highest BCUT2D eigenvalue weighted by molar-refractivity contribution is 6.28. The van der Waals surface area contributed by atoms with E-state index in [-0.39, 0.29) is 12.4 Å². The average Bonchev–Trinajstić information content (AvgIpc) is 2.78. The quantitative estimate of drug-likeness (QED) is 0.450. The first-order chi connectivity index (χ1) is 15.3. The summed E-state index contributed by atoms with van der Waals surface area (Å²) in [6, 6.07) is 14.3. The van der Waals surface area contributed by atoms with Crippen LogP contribution in [0.2, 0.25) is 0 Å². The highest BCUT2D eigenvalue weighted by Crippen LogP contribution is 2.41. The lowest BCUT2D eigenvalue weighted by Crippen LogP contribution is -2.42. The van der Waals surface area contributed by atoms with Gasteiger partial charge in [-0.1, -0.05) is 0 Å². The molecule has 0 radical (unpaired) electrons. The molecule has 1 aromatic heterocycles. The van der Waals surface area contributed by atoms with Crippen molar-refractivity contribution in [3.05, 3.63) is 70.7 Å². The lowest BCUT2D eigenvalue weighted by molar-refractivity contribution is -0.126. The van der Waals surface area contributed by atoms with E-state index in [1.807, 2.05) is 31.2 Å². The summed E-state index contributed by atoms with van der Waals surface area (Å²) in [4.78, 5) is 27.2. The molecule has 166 valence electrons. The molecule has 0 amide bonds. The van der Waals surface area contributed by atoms with Gasteiger partial charge >= 0.3 is 5.63 Å². The number of carbonyl (C=O) groups excluding carboxylic acids is 1. The van der Waals surface area contributed by atoms with Gasteiger partial charge in [0.25, 0.3) is 0 Å². The molecule has 0 bridgehead atoms. The number of rotatable bonds is 6. The maximum atomic E-state index is 13.2. The van der Waals surface area contributed by atoms with Gasteiger partial charge in [-0.05, 0) is 63.2 Å². The Morgan fingerprint density at radius 1 is 1.06 bits per heavy atom. The molecular formula is C25H26N2O5. The van der Waals surface area contributed by atoms with Crippen molar-refractivity contribution >= 4 is 33.7 Å². The molecule has 0 saturated heterocycles. The molecule has 2 N–H and O–H groups in total. The molecule has 1 aliphatic heterocycles. The van der Waals surface area contributed by atoms with Gasteiger partial charge in [0.05, 0.1) is 17.7 Å². The van der Waals surface area contributed by atoms with Gasteiger partial charge < -0.3 is 24.5 Å². The van der Waals surface area contributed by atoms with Gasteiger partial charge in [0.1, 0.15) is 11.3 Å². The van der Waals surface area contributed by atoms with Crippen LogP contribution in [-0.2, 0) is 4.79 Å². The number of aliphatic hydroxyl groups is 1. The largest absolute Gasteiger partial charge is 0.479 e. The van der Waals surface area contributed by atoms with Gasteiger partial charge in [0.2, 0.25) is 5.78 Å². The van der Waals surface area contributed by atoms with Gasteiger partial charge in [0, 0.05) is 42.1 Å². The first-order valence-electron chi connectivity index (χ1n) is 10.6. The highest BCUT2D eigenvalue weighted by Gasteiger charge is 2.40. The molecule has 7 heteroatoms. The third-order valence-electron chi connectivity index (χ3n) is 5.54. The van der Waals surface area contributed by atoms with Crippen LogP contribution in [0.1, 0.15) is 26.3 Å². The number of ether oxygens (including phenoxy) is 1. The van der Waals surface area contributed by atoms with Crippen molar-refractivity contribution in [2.24, 2.45) is 0 Å². The zero-order chi connectivity index (χ0) is 22.9. The van der Waals surface area contributed by atoms with E-state index in [1.165, 1.54) is 6.07 Å². The Balaban J connectivity index is 1.74. The number of carbonyl (C=O) groups is 1. The van der Waals surface area contributed by atoms with Crippen molar-refractivity contribution in [3.63, 3.8) is 0 Å². The van der Waals surface area contributed by atoms with E-state index in [2.05, 4.69) is 10.2 Å². The maximum Gasteiger partial charge on any atom is 0.336 e. The molecule has 2 aromatic carbocycles. The number of Topliss-reactive ketones (excluding diaryl/α,β-unsaturated/α-hetero) is 1. The molecule has 4 rings (SSSR count). The molecule has 0 saturated carbocycles. The van der Waals surface area contributed by atoms with E-state index in [1.54, 1.807) is 38.2 Å². The van der Waals surface area contributed by atoms with Crippen LogP contribution in [-0.4, -0.2) is 36.2 Å². The molecule has 2 heterocycles. The maximum absolute atomic E-state index is 13.2. The standard InChI is InChI=1S/C25H26N2O5/c1-4-27(13-14-28)18-9-7-17(8-10-18)26-15-19-22-20(32-25(2,3)24(19)30)11-5-16-6-12-21(29)31-23(16)22/h5-12,15,26,28H,4,13-14H2,1-3H3/b19-15-. The summed E-state index contributed by atoms with van der Waals surface area (Å²) in [6.07, 6.45) is 1.64. The SMILES string of the molecule is CCN(CCO)c1ccc(N/C=C2\C(=O)C(C)(C)Oc3ccc4ccc(=O)oc4c32)cc1. The number of benzene rings is 2. The summed E-state index contributed by atoms with van der Waals surface area (Å²) in [6.45, 7) is 6.90. The van der Waals surface area contributed by atoms with E-state index in [9.17, 15) is 14.7 Å². The summed E-state index contributed by atoms with van der Waals surface area (Å²) < 4.78 is 11.4.